The summed E-state index contributed by atoms with van der Waals surface area (Å²) < 4.78 is 29.7. The van der Waals surface area contributed by atoms with Gasteiger partial charge in [0.2, 0.25) is 0 Å². The van der Waals surface area contributed by atoms with Crippen LogP contribution in [0.25, 0.3) is 0 Å². The molecule has 0 saturated heterocycles. The summed E-state index contributed by atoms with van der Waals surface area (Å²) in [6, 6.07) is -1.15. The Labute approximate surface area is 84.9 Å². The molecule has 8 nitrogen and oxygen atoms in total. The largest absolute Gasteiger partial charge is 0.480 e. The topological polar surface area (TPSA) is 146 Å². The first-order chi connectivity index (χ1) is 6.80. The molecule has 0 bridgehead atoms. The Morgan fingerprint density at radius 2 is 2.27 bits per heavy atom. The van der Waals surface area contributed by atoms with Crippen molar-refractivity contribution in [1.82, 2.24) is 9.97 Å². The number of aromatic nitrogens is 2. The van der Waals surface area contributed by atoms with Gasteiger partial charge in [-0.25, -0.2) is 4.98 Å². The standard InChI is InChI=1S/C6H9N3O5S/c7-4(5(10)11)1-3-2-8-6(9-3)15(12,13)14/h2,4H,1,7H2,(H,8,9)(H,10,11)(H,12,13,14)/t4-/m0/s1. The molecule has 1 heterocycles. The smallest absolute Gasteiger partial charge is 0.328 e. The number of imidazole rings is 1. The monoisotopic (exact) mass is 235 g/mol. The van der Waals surface area contributed by atoms with Crippen LogP contribution in [0.15, 0.2) is 11.4 Å². The Balaban J connectivity index is 2.82. The highest BCUT2D eigenvalue weighted by Crippen LogP contribution is 2.05. The molecule has 1 aromatic rings. The van der Waals surface area contributed by atoms with Crippen LogP contribution < -0.4 is 5.73 Å². The molecule has 0 amide bonds. The Morgan fingerprint density at radius 1 is 1.67 bits per heavy atom. The summed E-state index contributed by atoms with van der Waals surface area (Å²) in [6.45, 7) is 0. The van der Waals surface area contributed by atoms with Gasteiger partial charge in [0.05, 0.1) is 0 Å². The first-order valence-corrected chi connectivity index (χ1v) is 5.24. The van der Waals surface area contributed by atoms with E-state index >= 15 is 0 Å². The lowest BCUT2D eigenvalue weighted by atomic mass is 10.2. The second kappa shape index (κ2) is 3.96. The van der Waals surface area contributed by atoms with Gasteiger partial charge >= 0.3 is 16.1 Å². The van der Waals surface area contributed by atoms with Gasteiger partial charge in [-0.1, -0.05) is 0 Å². The van der Waals surface area contributed by atoms with Crippen molar-refractivity contribution in [2.45, 2.75) is 17.6 Å². The van der Waals surface area contributed by atoms with Gasteiger partial charge in [0.15, 0.2) is 0 Å². The van der Waals surface area contributed by atoms with Gasteiger partial charge in [0.25, 0.3) is 5.16 Å². The van der Waals surface area contributed by atoms with Crippen molar-refractivity contribution in [1.29, 1.82) is 0 Å². The zero-order chi connectivity index (χ0) is 11.6. The number of hydrogen-bond acceptors (Lipinski definition) is 5. The van der Waals surface area contributed by atoms with E-state index in [0.29, 0.717) is 0 Å². The van der Waals surface area contributed by atoms with E-state index in [0.717, 1.165) is 6.20 Å². The maximum Gasteiger partial charge on any atom is 0.328 e. The molecule has 0 spiro atoms. The summed E-state index contributed by atoms with van der Waals surface area (Å²) in [5.41, 5.74) is 5.43. The van der Waals surface area contributed by atoms with Gasteiger partial charge in [-0.3, -0.25) is 9.35 Å². The van der Waals surface area contributed by atoms with E-state index < -0.39 is 27.3 Å². The molecule has 5 N–H and O–H groups in total. The second-order valence-corrected chi connectivity index (χ2v) is 4.17. The van der Waals surface area contributed by atoms with E-state index in [1.54, 1.807) is 0 Å². The number of nitrogens with two attached hydrogens (primary N) is 1. The lowest BCUT2D eigenvalue weighted by Gasteiger charge is -2.02. The van der Waals surface area contributed by atoms with Crippen molar-refractivity contribution in [3.63, 3.8) is 0 Å². The summed E-state index contributed by atoms with van der Waals surface area (Å²) in [5, 5.41) is 7.85. The lowest BCUT2D eigenvalue weighted by Crippen LogP contribution is -2.32. The zero-order valence-electron chi connectivity index (χ0n) is 7.41. The summed E-state index contributed by atoms with van der Waals surface area (Å²) in [5.74, 6) is -1.21. The van der Waals surface area contributed by atoms with Crippen LogP contribution in [-0.4, -0.2) is 40.1 Å². The first-order valence-electron chi connectivity index (χ1n) is 3.80. The Morgan fingerprint density at radius 3 is 2.67 bits per heavy atom. The van der Waals surface area contributed by atoms with Gasteiger partial charge < -0.3 is 15.8 Å². The number of aliphatic carboxylic acids is 1. The van der Waals surface area contributed by atoms with Crippen LogP contribution in [0, 0.1) is 0 Å². The second-order valence-electron chi connectivity index (χ2n) is 2.84. The van der Waals surface area contributed by atoms with Crippen LogP contribution in [-0.2, 0) is 21.3 Å². The van der Waals surface area contributed by atoms with Crippen LogP contribution in [0.4, 0.5) is 0 Å². The number of rotatable bonds is 4. The Kier molecular flexibility index (Phi) is 3.07. The van der Waals surface area contributed by atoms with Crippen LogP contribution in [0.5, 0.6) is 0 Å². The Hall–Kier alpha value is -1.45. The number of aromatic amines is 1. The van der Waals surface area contributed by atoms with E-state index in [4.69, 9.17) is 15.4 Å². The summed E-state index contributed by atoms with van der Waals surface area (Å²) >= 11 is 0. The third kappa shape index (κ3) is 3.01. The predicted octanol–water partition coefficient (Wildman–Crippen LogP) is -1.39. The minimum absolute atomic E-state index is 0.0994. The fraction of sp³-hybridized carbons (Fsp3) is 0.333. The quantitative estimate of drug-likeness (QED) is 0.470. The van der Waals surface area contributed by atoms with Gasteiger partial charge in [-0.05, 0) is 0 Å². The molecule has 1 atom stereocenters. The lowest BCUT2D eigenvalue weighted by molar-refractivity contribution is -0.138. The molecule has 84 valence electrons. The number of hydrogen-bond donors (Lipinski definition) is 4. The highest BCUT2D eigenvalue weighted by molar-refractivity contribution is 7.85. The molecule has 0 radical (unpaired) electrons. The van der Waals surface area contributed by atoms with Crippen molar-refractivity contribution in [3.8, 4) is 0 Å². The van der Waals surface area contributed by atoms with Crippen molar-refractivity contribution in [2.75, 3.05) is 0 Å². The maximum absolute atomic E-state index is 10.6. The minimum Gasteiger partial charge on any atom is -0.480 e. The Bertz CT molecular complexity index is 465. The molecular formula is C6H9N3O5S. The molecular weight excluding hydrogens is 226 g/mol. The van der Waals surface area contributed by atoms with E-state index in [9.17, 15) is 13.2 Å². The third-order valence-corrected chi connectivity index (χ3v) is 2.30. The molecule has 0 aliphatic rings. The van der Waals surface area contributed by atoms with E-state index in [1.165, 1.54) is 0 Å². The SMILES string of the molecule is N[C@@H](Cc1cnc(S(=O)(=O)O)[nH]1)C(=O)O. The van der Waals surface area contributed by atoms with Crippen LogP contribution >= 0.6 is 0 Å². The fourth-order valence-corrected chi connectivity index (χ4v) is 1.34. The molecule has 0 aliphatic carbocycles. The number of carboxylic acid groups (broad SMARTS) is 1. The third-order valence-electron chi connectivity index (χ3n) is 1.61. The number of H-pyrrole nitrogens is 1. The molecule has 0 fully saturated rings. The van der Waals surface area contributed by atoms with E-state index in [2.05, 4.69) is 9.97 Å². The first kappa shape index (κ1) is 11.6. The van der Waals surface area contributed by atoms with Crippen LogP contribution in [0.2, 0.25) is 0 Å². The van der Waals surface area contributed by atoms with Crippen molar-refractivity contribution < 1.29 is 22.9 Å². The number of nitrogens with one attached hydrogen (secondary N) is 1. The minimum atomic E-state index is -4.39. The zero-order valence-corrected chi connectivity index (χ0v) is 8.23. The fourth-order valence-electron chi connectivity index (χ4n) is 0.898. The molecule has 9 heteroatoms. The van der Waals surface area contributed by atoms with Crippen LogP contribution in [0.3, 0.4) is 0 Å². The normalized spacial score (nSPS) is 13.7. The number of carbonyl (C=O) groups is 1. The van der Waals surface area contributed by atoms with Crippen molar-refractivity contribution >= 4 is 16.1 Å². The number of nitrogens with zero attached hydrogens (tertiary/aromatic N) is 1. The average molecular weight is 235 g/mol. The van der Waals surface area contributed by atoms with Gasteiger partial charge in [-0.2, -0.15) is 8.42 Å². The van der Waals surface area contributed by atoms with Crippen molar-refractivity contribution in [2.24, 2.45) is 5.73 Å². The predicted molar refractivity (Wildman–Crippen MR) is 47.7 cm³/mol. The highest BCUT2D eigenvalue weighted by atomic mass is 32.2. The molecule has 0 unspecified atom stereocenters. The molecule has 15 heavy (non-hydrogen) atoms. The summed E-state index contributed by atoms with van der Waals surface area (Å²) in [6.07, 6.45) is 1.00. The molecule has 0 aliphatic heterocycles. The molecule has 1 rings (SSSR count). The van der Waals surface area contributed by atoms with Gasteiger partial charge in [0.1, 0.15) is 6.04 Å². The summed E-state index contributed by atoms with van der Waals surface area (Å²) in [4.78, 5) is 16.0. The van der Waals surface area contributed by atoms with Gasteiger partial charge in [-0.15, -0.1) is 0 Å². The highest BCUT2D eigenvalue weighted by Gasteiger charge is 2.17. The molecule has 0 aromatic carbocycles. The molecule has 0 saturated carbocycles. The average Bonchev–Trinajstić information content (AvgIpc) is 2.51. The van der Waals surface area contributed by atoms with Crippen LogP contribution in [0.1, 0.15) is 5.69 Å². The molecule has 1 aromatic heterocycles. The van der Waals surface area contributed by atoms with E-state index in [-0.39, 0.29) is 12.1 Å². The van der Waals surface area contributed by atoms with Crippen molar-refractivity contribution in [3.05, 3.63) is 11.9 Å². The van der Waals surface area contributed by atoms with Gasteiger partial charge in [0, 0.05) is 18.3 Å². The van der Waals surface area contributed by atoms with E-state index in [1.807, 2.05) is 0 Å². The summed E-state index contributed by atoms with van der Waals surface area (Å²) in [7, 11) is -4.39. The maximum atomic E-state index is 10.6. The number of carboxylic acids is 1.